The molecule has 2 nitrogen and oxygen atoms in total. The van der Waals surface area contributed by atoms with Gasteiger partial charge in [-0.3, -0.25) is 0 Å². The van der Waals surface area contributed by atoms with E-state index < -0.39 is 0 Å². The van der Waals surface area contributed by atoms with Gasteiger partial charge in [-0.15, -0.1) is 11.3 Å². The average molecular weight is 240 g/mol. The number of hydrogen-bond acceptors (Lipinski definition) is 3. The zero-order valence-corrected chi connectivity index (χ0v) is 9.81. The Morgan fingerprint density at radius 3 is 3.00 bits per heavy atom. The standard InChI is InChI=1S/C11H10ClNOS/c1-2-14-9-5-3-4-8(12)10(9)11-13-6-7-15-11/h3-7H,2H2,1H3. The zero-order valence-electron chi connectivity index (χ0n) is 8.24. The van der Waals surface area contributed by atoms with Gasteiger partial charge in [-0.1, -0.05) is 17.7 Å². The molecule has 4 heteroatoms. The fourth-order valence-electron chi connectivity index (χ4n) is 1.33. The molecule has 0 amide bonds. The number of aromatic nitrogens is 1. The summed E-state index contributed by atoms with van der Waals surface area (Å²) in [6.07, 6.45) is 1.76. The van der Waals surface area contributed by atoms with E-state index in [1.54, 1.807) is 17.5 Å². The first-order valence-electron chi connectivity index (χ1n) is 4.64. The van der Waals surface area contributed by atoms with Crippen LogP contribution in [-0.2, 0) is 0 Å². The molecule has 0 unspecified atom stereocenters. The highest BCUT2D eigenvalue weighted by Gasteiger charge is 2.12. The fourth-order valence-corrected chi connectivity index (χ4v) is 2.35. The Morgan fingerprint density at radius 1 is 1.47 bits per heavy atom. The van der Waals surface area contributed by atoms with Crippen molar-refractivity contribution in [3.63, 3.8) is 0 Å². The predicted molar refractivity (Wildman–Crippen MR) is 63.7 cm³/mol. The van der Waals surface area contributed by atoms with Gasteiger partial charge in [0.15, 0.2) is 0 Å². The number of halogens is 1. The summed E-state index contributed by atoms with van der Waals surface area (Å²) < 4.78 is 5.52. The van der Waals surface area contributed by atoms with Gasteiger partial charge in [0.1, 0.15) is 10.8 Å². The van der Waals surface area contributed by atoms with Crippen LogP contribution in [0.25, 0.3) is 10.6 Å². The number of rotatable bonds is 3. The van der Waals surface area contributed by atoms with E-state index in [1.807, 2.05) is 30.5 Å². The molecular weight excluding hydrogens is 230 g/mol. The molecule has 78 valence electrons. The van der Waals surface area contributed by atoms with Crippen molar-refractivity contribution in [3.05, 3.63) is 34.8 Å². The maximum absolute atomic E-state index is 6.14. The Kier molecular flexibility index (Phi) is 3.23. The lowest BCUT2D eigenvalue weighted by Gasteiger charge is -2.09. The van der Waals surface area contributed by atoms with Crippen molar-refractivity contribution < 1.29 is 4.74 Å². The minimum absolute atomic E-state index is 0.624. The van der Waals surface area contributed by atoms with E-state index in [0.29, 0.717) is 11.6 Å². The van der Waals surface area contributed by atoms with E-state index in [0.717, 1.165) is 16.3 Å². The van der Waals surface area contributed by atoms with Crippen LogP contribution in [0, 0.1) is 0 Å². The van der Waals surface area contributed by atoms with Gasteiger partial charge < -0.3 is 4.74 Å². The number of thiazole rings is 1. The summed E-state index contributed by atoms with van der Waals surface area (Å²) in [6, 6.07) is 5.64. The molecule has 15 heavy (non-hydrogen) atoms. The largest absolute Gasteiger partial charge is 0.493 e. The van der Waals surface area contributed by atoms with Crippen LogP contribution in [-0.4, -0.2) is 11.6 Å². The highest BCUT2D eigenvalue weighted by Crippen LogP contribution is 2.37. The SMILES string of the molecule is CCOc1cccc(Cl)c1-c1nccs1. The lowest BCUT2D eigenvalue weighted by Crippen LogP contribution is -1.94. The fraction of sp³-hybridized carbons (Fsp3) is 0.182. The van der Waals surface area contributed by atoms with E-state index >= 15 is 0 Å². The van der Waals surface area contributed by atoms with Crippen molar-refractivity contribution in [3.8, 4) is 16.3 Å². The van der Waals surface area contributed by atoms with Crippen molar-refractivity contribution >= 4 is 22.9 Å². The van der Waals surface area contributed by atoms with E-state index in [9.17, 15) is 0 Å². The van der Waals surface area contributed by atoms with E-state index in [2.05, 4.69) is 4.98 Å². The third kappa shape index (κ3) is 2.13. The molecule has 1 heterocycles. The van der Waals surface area contributed by atoms with Gasteiger partial charge >= 0.3 is 0 Å². The van der Waals surface area contributed by atoms with Crippen LogP contribution in [0.4, 0.5) is 0 Å². The van der Waals surface area contributed by atoms with Gasteiger partial charge in [0.2, 0.25) is 0 Å². The Hall–Kier alpha value is -1.06. The molecule has 0 aliphatic rings. The van der Waals surface area contributed by atoms with Gasteiger partial charge in [0, 0.05) is 11.6 Å². The Bertz CT molecular complexity index is 442. The molecule has 0 N–H and O–H groups in total. The molecule has 0 saturated heterocycles. The van der Waals surface area contributed by atoms with Gasteiger partial charge in [-0.2, -0.15) is 0 Å². The normalized spacial score (nSPS) is 10.3. The minimum atomic E-state index is 0.624. The molecule has 0 radical (unpaired) electrons. The van der Waals surface area contributed by atoms with Crippen LogP contribution < -0.4 is 4.74 Å². The first-order chi connectivity index (χ1) is 7.33. The van der Waals surface area contributed by atoms with Crippen LogP contribution in [0.3, 0.4) is 0 Å². The van der Waals surface area contributed by atoms with Crippen molar-refractivity contribution in [2.45, 2.75) is 6.92 Å². The lowest BCUT2D eigenvalue weighted by atomic mass is 10.2. The van der Waals surface area contributed by atoms with Crippen LogP contribution in [0.1, 0.15) is 6.92 Å². The van der Waals surface area contributed by atoms with Crippen LogP contribution in [0.5, 0.6) is 5.75 Å². The molecular formula is C11H10ClNOS. The summed E-state index contributed by atoms with van der Waals surface area (Å²) in [6.45, 7) is 2.57. The Balaban J connectivity index is 2.52. The zero-order chi connectivity index (χ0) is 10.7. The summed E-state index contributed by atoms with van der Waals surface area (Å²) in [5, 5.41) is 3.49. The smallest absolute Gasteiger partial charge is 0.131 e. The minimum Gasteiger partial charge on any atom is -0.493 e. The highest BCUT2D eigenvalue weighted by atomic mass is 35.5. The first kappa shape index (κ1) is 10.5. The summed E-state index contributed by atoms with van der Waals surface area (Å²) in [7, 11) is 0. The van der Waals surface area contributed by atoms with Crippen molar-refractivity contribution in [2.24, 2.45) is 0 Å². The second-order valence-corrected chi connectivity index (χ2v) is 4.19. The Labute approximate surface area is 97.5 Å². The number of hydrogen-bond donors (Lipinski definition) is 0. The maximum atomic E-state index is 6.14. The van der Waals surface area contributed by atoms with Gasteiger partial charge in [-0.25, -0.2) is 4.98 Å². The lowest BCUT2D eigenvalue weighted by molar-refractivity contribution is 0.341. The molecule has 0 aliphatic carbocycles. The van der Waals surface area contributed by atoms with E-state index in [4.69, 9.17) is 16.3 Å². The Morgan fingerprint density at radius 2 is 2.33 bits per heavy atom. The summed E-state index contributed by atoms with van der Waals surface area (Å²) in [5.74, 6) is 0.792. The maximum Gasteiger partial charge on any atom is 0.131 e. The van der Waals surface area contributed by atoms with Gasteiger partial charge in [0.25, 0.3) is 0 Å². The second kappa shape index (κ2) is 4.64. The topological polar surface area (TPSA) is 22.1 Å². The van der Waals surface area contributed by atoms with E-state index in [-0.39, 0.29) is 0 Å². The molecule has 0 saturated carbocycles. The molecule has 0 atom stereocenters. The van der Waals surface area contributed by atoms with Crippen molar-refractivity contribution in [1.82, 2.24) is 4.98 Å². The summed E-state index contributed by atoms with van der Waals surface area (Å²) in [5.41, 5.74) is 0.885. The molecule has 1 aromatic heterocycles. The third-order valence-electron chi connectivity index (χ3n) is 1.92. The molecule has 0 bridgehead atoms. The molecule has 0 fully saturated rings. The number of nitrogens with zero attached hydrogens (tertiary/aromatic N) is 1. The van der Waals surface area contributed by atoms with Gasteiger partial charge in [0.05, 0.1) is 17.2 Å². The van der Waals surface area contributed by atoms with Crippen molar-refractivity contribution in [1.29, 1.82) is 0 Å². The first-order valence-corrected chi connectivity index (χ1v) is 5.90. The second-order valence-electron chi connectivity index (χ2n) is 2.88. The van der Waals surface area contributed by atoms with Crippen molar-refractivity contribution in [2.75, 3.05) is 6.61 Å². The third-order valence-corrected chi connectivity index (χ3v) is 3.03. The summed E-state index contributed by atoms with van der Waals surface area (Å²) in [4.78, 5) is 4.24. The molecule has 0 aliphatic heterocycles. The quantitative estimate of drug-likeness (QED) is 0.812. The van der Waals surface area contributed by atoms with Crippen LogP contribution in [0.15, 0.2) is 29.8 Å². The average Bonchev–Trinajstić information content (AvgIpc) is 2.71. The summed E-state index contributed by atoms with van der Waals surface area (Å²) >= 11 is 7.70. The molecule has 1 aromatic carbocycles. The number of ether oxygens (including phenoxy) is 1. The molecule has 2 aromatic rings. The van der Waals surface area contributed by atoms with Gasteiger partial charge in [-0.05, 0) is 19.1 Å². The van der Waals surface area contributed by atoms with Crippen LogP contribution >= 0.6 is 22.9 Å². The number of benzene rings is 1. The molecule has 0 spiro atoms. The predicted octanol–water partition coefficient (Wildman–Crippen LogP) is 3.86. The van der Waals surface area contributed by atoms with E-state index in [1.165, 1.54) is 0 Å². The highest BCUT2D eigenvalue weighted by molar-refractivity contribution is 7.13. The molecule has 2 rings (SSSR count). The monoisotopic (exact) mass is 239 g/mol. The van der Waals surface area contributed by atoms with Crippen LogP contribution in [0.2, 0.25) is 5.02 Å².